The number of hydrogen-bond donors (Lipinski definition) is 2. The second-order valence-electron chi connectivity index (χ2n) is 7.09. The van der Waals surface area contributed by atoms with Gasteiger partial charge in [0.1, 0.15) is 17.7 Å². The van der Waals surface area contributed by atoms with E-state index in [2.05, 4.69) is 11.4 Å². The van der Waals surface area contributed by atoms with Gasteiger partial charge in [0.2, 0.25) is 5.91 Å². The van der Waals surface area contributed by atoms with Gasteiger partial charge in [-0.05, 0) is 45.3 Å². The first-order valence-electron chi connectivity index (χ1n) is 9.38. The summed E-state index contributed by atoms with van der Waals surface area (Å²) in [7, 11) is 0. The van der Waals surface area contributed by atoms with Gasteiger partial charge in [-0.15, -0.1) is 0 Å². The third-order valence-corrected chi connectivity index (χ3v) is 5.06. The number of nitrogens with one attached hydrogen (secondary N) is 1. The van der Waals surface area contributed by atoms with Crippen molar-refractivity contribution in [2.45, 2.75) is 12.5 Å². The number of nitrogens with two attached hydrogens (primary N) is 1. The molecule has 0 aliphatic heterocycles. The Labute approximate surface area is 171 Å². The molecule has 1 atom stereocenters. The molecule has 4 nitrogen and oxygen atoms in total. The highest BCUT2D eigenvalue weighted by Gasteiger charge is 2.22. The summed E-state index contributed by atoms with van der Waals surface area (Å²) >= 11 is 0. The predicted octanol–water partition coefficient (Wildman–Crippen LogP) is 4.10. The fourth-order valence-electron chi connectivity index (χ4n) is 3.68. The van der Waals surface area contributed by atoms with E-state index < -0.39 is 29.5 Å². The lowest BCUT2D eigenvalue weighted by atomic mass is 9.92. The zero-order chi connectivity index (χ0) is 21.3. The highest BCUT2D eigenvalue weighted by molar-refractivity contribution is 6.03. The summed E-state index contributed by atoms with van der Waals surface area (Å²) in [6, 6.07) is 19.0. The Kier molecular flexibility index (Phi) is 5.14. The van der Waals surface area contributed by atoms with E-state index in [0.29, 0.717) is 6.07 Å². The van der Waals surface area contributed by atoms with Gasteiger partial charge in [-0.3, -0.25) is 9.59 Å². The van der Waals surface area contributed by atoms with E-state index in [1.807, 2.05) is 48.5 Å². The van der Waals surface area contributed by atoms with Crippen LogP contribution in [0, 0.1) is 11.6 Å². The number of benzene rings is 4. The largest absolute Gasteiger partial charge is 0.368 e. The highest BCUT2D eigenvalue weighted by Crippen LogP contribution is 2.29. The smallest absolute Gasteiger partial charge is 0.252 e. The molecule has 0 aliphatic rings. The van der Waals surface area contributed by atoms with Gasteiger partial charge in [-0.2, -0.15) is 0 Å². The maximum Gasteiger partial charge on any atom is 0.252 e. The molecule has 4 rings (SSSR count). The topological polar surface area (TPSA) is 72.2 Å². The molecule has 6 heteroatoms. The van der Waals surface area contributed by atoms with Crippen molar-refractivity contribution in [3.05, 3.63) is 95.6 Å². The Balaban J connectivity index is 1.73. The molecule has 0 bridgehead atoms. The Morgan fingerprint density at radius 3 is 1.90 bits per heavy atom. The fourth-order valence-corrected chi connectivity index (χ4v) is 3.68. The second-order valence-corrected chi connectivity index (χ2v) is 7.09. The minimum absolute atomic E-state index is 0.140. The molecule has 2 amide bonds. The molecule has 4 aromatic rings. The molecule has 0 heterocycles. The first-order valence-corrected chi connectivity index (χ1v) is 9.38. The molecule has 30 heavy (non-hydrogen) atoms. The van der Waals surface area contributed by atoms with Crippen LogP contribution in [0.1, 0.15) is 15.9 Å². The standard InChI is InChI=1S/C24H18F2N2O2/c25-17-10-16(11-18(26)12-17)24(30)28-22(23(27)29)13-21-19-7-3-1-5-14(19)9-15-6-2-4-8-20(15)21/h1-12,22H,13H2,(H2,27,29)(H,28,30)/t22-/m1/s1. The van der Waals surface area contributed by atoms with Crippen LogP contribution >= 0.6 is 0 Å². The lowest BCUT2D eigenvalue weighted by Gasteiger charge is -2.19. The van der Waals surface area contributed by atoms with Crippen molar-refractivity contribution in [3.63, 3.8) is 0 Å². The second kappa shape index (κ2) is 7.91. The number of carbonyl (C=O) groups excluding carboxylic acids is 2. The average Bonchev–Trinajstić information content (AvgIpc) is 2.72. The first kappa shape index (κ1) is 19.5. The third kappa shape index (κ3) is 3.85. The molecule has 0 aromatic heterocycles. The fraction of sp³-hybridized carbons (Fsp3) is 0.0833. The van der Waals surface area contributed by atoms with Gasteiger partial charge in [0, 0.05) is 18.1 Å². The summed E-state index contributed by atoms with van der Waals surface area (Å²) in [5.41, 5.74) is 6.20. The zero-order valence-electron chi connectivity index (χ0n) is 15.9. The van der Waals surface area contributed by atoms with Gasteiger partial charge < -0.3 is 11.1 Å². The van der Waals surface area contributed by atoms with Crippen molar-refractivity contribution in [2.75, 3.05) is 0 Å². The van der Waals surface area contributed by atoms with Crippen LogP contribution in [0.4, 0.5) is 8.78 Å². The quantitative estimate of drug-likeness (QED) is 0.492. The Morgan fingerprint density at radius 1 is 0.833 bits per heavy atom. The van der Waals surface area contributed by atoms with E-state index in [1.54, 1.807) is 0 Å². The Hall–Kier alpha value is -3.80. The first-order chi connectivity index (χ1) is 14.4. The molecule has 0 spiro atoms. The van der Waals surface area contributed by atoms with Crippen molar-refractivity contribution < 1.29 is 18.4 Å². The number of rotatable bonds is 5. The van der Waals surface area contributed by atoms with E-state index >= 15 is 0 Å². The van der Waals surface area contributed by atoms with Crippen LogP contribution in [0.25, 0.3) is 21.5 Å². The van der Waals surface area contributed by atoms with E-state index in [9.17, 15) is 18.4 Å². The van der Waals surface area contributed by atoms with Crippen LogP contribution in [0.15, 0.2) is 72.8 Å². The number of hydrogen-bond acceptors (Lipinski definition) is 2. The van der Waals surface area contributed by atoms with E-state index in [4.69, 9.17) is 5.73 Å². The molecule has 0 saturated carbocycles. The molecular weight excluding hydrogens is 386 g/mol. The van der Waals surface area contributed by atoms with Gasteiger partial charge in [0.05, 0.1) is 0 Å². The number of carbonyl (C=O) groups is 2. The molecule has 0 saturated heterocycles. The normalized spacial score (nSPS) is 12.1. The van der Waals surface area contributed by atoms with E-state index in [-0.39, 0.29) is 12.0 Å². The van der Waals surface area contributed by atoms with Crippen LogP contribution < -0.4 is 11.1 Å². The third-order valence-electron chi connectivity index (χ3n) is 5.06. The van der Waals surface area contributed by atoms with Crippen molar-refractivity contribution in [3.8, 4) is 0 Å². The van der Waals surface area contributed by atoms with Crippen LogP contribution in [0.2, 0.25) is 0 Å². The minimum atomic E-state index is -1.06. The van der Waals surface area contributed by atoms with Crippen LogP contribution in [0.5, 0.6) is 0 Å². The SMILES string of the molecule is NC(=O)[C@@H](Cc1c2ccccc2cc2ccccc12)NC(=O)c1cc(F)cc(F)c1. The van der Waals surface area contributed by atoms with Gasteiger partial charge in [0.15, 0.2) is 0 Å². The summed E-state index contributed by atoms with van der Waals surface area (Å²) in [6.07, 6.45) is 0.140. The number of halogens is 2. The Bertz CT molecular complexity index is 1210. The van der Waals surface area contributed by atoms with Crippen molar-refractivity contribution in [1.82, 2.24) is 5.32 Å². The summed E-state index contributed by atoms with van der Waals surface area (Å²) in [4.78, 5) is 24.7. The van der Waals surface area contributed by atoms with Gasteiger partial charge in [-0.25, -0.2) is 8.78 Å². The molecule has 0 aliphatic carbocycles. The minimum Gasteiger partial charge on any atom is -0.368 e. The van der Waals surface area contributed by atoms with E-state index in [1.165, 1.54) is 0 Å². The highest BCUT2D eigenvalue weighted by atomic mass is 19.1. The van der Waals surface area contributed by atoms with E-state index in [0.717, 1.165) is 39.2 Å². The number of primary amides is 1. The molecular formula is C24H18F2N2O2. The zero-order valence-corrected chi connectivity index (χ0v) is 15.9. The molecule has 150 valence electrons. The van der Waals surface area contributed by atoms with Crippen LogP contribution in [0.3, 0.4) is 0 Å². The van der Waals surface area contributed by atoms with Gasteiger partial charge >= 0.3 is 0 Å². The van der Waals surface area contributed by atoms with Gasteiger partial charge in [-0.1, -0.05) is 48.5 Å². The van der Waals surface area contributed by atoms with Crippen LogP contribution in [-0.4, -0.2) is 17.9 Å². The lowest BCUT2D eigenvalue weighted by Crippen LogP contribution is -2.46. The predicted molar refractivity (Wildman–Crippen MR) is 112 cm³/mol. The molecule has 0 unspecified atom stereocenters. The van der Waals surface area contributed by atoms with Crippen molar-refractivity contribution >= 4 is 33.4 Å². The van der Waals surface area contributed by atoms with Crippen LogP contribution in [-0.2, 0) is 11.2 Å². The van der Waals surface area contributed by atoms with Crippen molar-refractivity contribution in [1.29, 1.82) is 0 Å². The number of fused-ring (bicyclic) bond motifs is 2. The molecule has 0 radical (unpaired) electrons. The molecule has 3 N–H and O–H groups in total. The summed E-state index contributed by atoms with van der Waals surface area (Å²) < 4.78 is 26.9. The maximum atomic E-state index is 13.5. The molecule has 0 fully saturated rings. The monoisotopic (exact) mass is 404 g/mol. The summed E-state index contributed by atoms with van der Waals surface area (Å²) in [5, 5.41) is 6.38. The van der Waals surface area contributed by atoms with Crippen molar-refractivity contribution in [2.24, 2.45) is 5.73 Å². The average molecular weight is 404 g/mol. The van der Waals surface area contributed by atoms with Gasteiger partial charge in [0.25, 0.3) is 5.91 Å². The maximum absolute atomic E-state index is 13.5. The summed E-state index contributed by atoms with van der Waals surface area (Å²) in [5.74, 6) is -3.27. The lowest BCUT2D eigenvalue weighted by molar-refractivity contribution is -0.119. The number of amides is 2. The Morgan fingerprint density at radius 2 is 1.37 bits per heavy atom. The summed E-state index contributed by atoms with van der Waals surface area (Å²) in [6.45, 7) is 0. The molecule has 4 aromatic carbocycles.